The van der Waals surface area contributed by atoms with Gasteiger partial charge in [0.25, 0.3) is 0 Å². The first kappa shape index (κ1) is 10.9. The number of nitrogens with zero attached hydrogens (tertiary/aromatic N) is 1. The van der Waals surface area contributed by atoms with Gasteiger partial charge in [0.2, 0.25) is 5.91 Å². The lowest BCUT2D eigenvalue weighted by Gasteiger charge is -2.22. The van der Waals surface area contributed by atoms with E-state index in [9.17, 15) is 4.79 Å². The summed E-state index contributed by atoms with van der Waals surface area (Å²) in [5.74, 6) is 1.12. The highest BCUT2D eigenvalue weighted by molar-refractivity contribution is 5.76. The minimum atomic E-state index is 0.381. The van der Waals surface area contributed by atoms with Gasteiger partial charge < -0.3 is 10.2 Å². The summed E-state index contributed by atoms with van der Waals surface area (Å²) in [5.41, 5.74) is 0. The number of hydrogen-bond donors (Lipinski definition) is 1. The van der Waals surface area contributed by atoms with Crippen molar-refractivity contribution in [2.24, 2.45) is 5.92 Å². The van der Waals surface area contributed by atoms with E-state index in [0.29, 0.717) is 11.9 Å². The van der Waals surface area contributed by atoms with Crippen molar-refractivity contribution in [3.8, 4) is 0 Å². The SMILES string of the molecule is CC1CCCN1C(=O)CCC1CCNC1. The maximum Gasteiger partial charge on any atom is 0.222 e. The molecular weight excluding hydrogens is 188 g/mol. The Bertz CT molecular complexity index is 224. The molecule has 0 aromatic rings. The second kappa shape index (κ2) is 4.97. The topological polar surface area (TPSA) is 32.3 Å². The van der Waals surface area contributed by atoms with Gasteiger partial charge in [0.1, 0.15) is 0 Å². The summed E-state index contributed by atoms with van der Waals surface area (Å²) in [4.78, 5) is 14.0. The molecule has 2 aliphatic rings. The summed E-state index contributed by atoms with van der Waals surface area (Å²) in [6.07, 6.45) is 5.48. The van der Waals surface area contributed by atoms with E-state index in [2.05, 4.69) is 17.1 Å². The van der Waals surface area contributed by atoms with Crippen molar-refractivity contribution in [2.75, 3.05) is 19.6 Å². The summed E-state index contributed by atoms with van der Waals surface area (Å²) in [7, 11) is 0. The summed E-state index contributed by atoms with van der Waals surface area (Å²) >= 11 is 0. The van der Waals surface area contributed by atoms with Crippen LogP contribution in [0.25, 0.3) is 0 Å². The van der Waals surface area contributed by atoms with E-state index in [0.717, 1.165) is 38.4 Å². The lowest BCUT2D eigenvalue weighted by molar-refractivity contribution is -0.132. The van der Waals surface area contributed by atoms with Crippen LogP contribution in [0.2, 0.25) is 0 Å². The zero-order valence-corrected chi connectivity index (χ0v) is 9.67. The highest BCUT2D eigenvalue weighted by atomic mass is 16.2. The Labute approximate surface area is 92.2 Å². The molecule has 3 nitrogen and oxygen atoms in total. The highest BCUT2D eigenvalue weighted by Gasteiger charge is 2.25. The minimum absolute atomic E-state index is 0.381. The molecule has 15 heavy (non-hydrogen) atoms. The maximum atomic E-state index is 11.9. The fraction of sp³-hybridized carbons (Fsp3) is 0.917. The molecule has 2 unspecified atom stereocenters. The van der Waals surface area contributed by atoms with Crippen LogP contribution < -0.4 is 5.32 Å². The molecule has 2 rings (SSSR count). The van der Waals surface area contributed by atoms with Crippen LogP contribution in [-0.2, 0) is 4.79 Å². The zero-order valence-electron chi connectivity index (χ0n) is 9.67. The number of carbonyl (C=O) groups is 1. The first-order chi connectivity index (χ1) is 7.27. The van der Waals surface area contributed by atoms with Crippen LogP contribution in [0.5, 0.6) is 0 Å². The van der Waals surface area contributed by atoms with Gasteiger partial charge in [-0.15, -0.1) is 0 Å². The third-order valence-corrected chi connectivity index (χ3v) is 3.80. The Kier molecular flexibility index (Phi) is 3.62. The summed E-state index contributed by atoms with van der Waals surface area (Å²) < 4.78 is 0. The third-order valence-electron chi connectivity index (χ3n) is 3.80. The molecule has 2 atom stereocenters. The van der Waals surface area contributed by atoms with Crippen molar-refractivity contribution in [1.82, 2.24) is 10.2 Å². The molecule has 86 valence electrons. The van der Waals surface area contributed by atoms with E-state index in [1.165, 1.54) is 19.3 Å². The molecule has 2 heterocycles. The second-order valence-electron chi connectivity index (χ2n) is 4.98. The first-order valence-corrected chi connectivity index (χ1v) is 6.27. The first-order valence-electron chi connectivity index (χ1n) is 6.27. The lowest BCUT2D eigenvalue weighted by Crippen LogP contribution is -2.33. The summed E-state index contributed by atoms with van der Waals surface area (Å²) in [6.45, 7) is 5.41. The largest absolute Gasteiger partial charge is 0.340 e. The Hall–Kier alpha value is -0.570. The Morgan fingerprint density at radius 2 is 2.33 bits per heavy atom. The molecule has 0 spiro atoms. The number of likely N-dealkylation sites (tertiary alicyclic amines) is 1. The van der Waals surface area contributed by atoms with E-state index >= 15 is 0 Å². The Morgan fingerprint density at radius 1 is 1.47 bits per heavy atom. The molecule has 1 amide bonds. The van der Waals surface area contributed by atoms with Gasteiger partial charge in [-0.3, -0.25) is 4.79 Å². The Morgan fingerprint density at radius 3 is 2.93 bits per heavy atom. The number of rotatable bonds is 3. The summed E-state index contributed by atoms with van der Waals surface area (Å²) in [5, 5.41) is 3.35. The van der Waals surface area contributed by atoms with Crippen molar-refractivity contribution in [2.45, 2.75) is 45.1 Å². The van der Waals surface area contributed by atoms with E-state index in [1.807, 2.05) is 0 Å². The number of carbonyl (C=O) groups excluding carboxylic acids is 1. The van der Waals surface area contributed by atoms with Crippen molar-refractivity contribution in [3.63, 3.8) is 0 Å². The minimum Gasteiger partial charge on any atom is -0.340 e. The predicted octanol–water partition coefficient (Wildman–Crippen LogP) is 1.39. The molecule has 0 aromatic heterocycles. The van der Waals surface area contributed by atoms with Crippen LogP contribution >= 0.6 is 0 Å². The van der Waals surface area contributed by atoms with Gasteiger partial charge in [-0.2, -0.15) is 0 Å². The van der Waals surface area contributed by atoms with Crippen molar-refractivity contribution in [3.05, 3.63) is 0 Å². The number of hydrogen-bond acceptors (Lipinski definition) is 2. The standard InChI is InChI=1S/C12H22N2O/c1-10-3-2-8-14(10)12(15)5-4-11-6-7-13-9-11/h10-11,13H,2-9H2,1H3. The summed E-state index contributed by atoms with van der Waals surface area (Å²) in [6, 6.07) is 0.485. The molecule has 0 bridgehead atoms. The molecule has 2 saturated heterocycles. The van der Waals surface area contributed by atoms with Gasteiger partial charge in [-0.25, -0.2) is 0 Å². The molecular formula is C12H22N2O. The van der Waals surface area contributed by atoms with E-state index in [4.69, 9.17) is 0 Å². The molecule has 1 N–H and O–H groups in total. The lowest BCUT2D eigenvalue weighted by atomic mass is 10.0. The quantitative estimate of drug-likeness (QED) is 0.763. The van der Waals surface area contributed by atoms with Crippen LogP contribution in [-0.4, -0.2) is 36.5 Å². The predicted molar refractivity (Wildman–Crippen MR) is 60.6 cm³/mol. The van der Waals surface area contributed by atoms with Crippen molar-refractivity contribution in [1.29, 1.82) is 0 Å². The van der Waals surface area contributed by atoms with Crippen LogP contribution in [0.1, 0.15) is 39.0 Å². The van der Waals surface area contributed by atoms with Crippen molar-refractivity contribution < 1.29 is 4.79 Å². The zero-order chi connectivity index (χ0) is 10.7. The van der Waals surface area contributed by atoms with Gasteiger partial charge in [0.05, 0.1) is 0 Å². The van der Waals surface area contributed by atoms with E-state index in [1.54, 1.807) is 0 Å². The van der Waals surface area contributed by atoms with Gasteiger partial charge in [0, 0.05) is 19.0 Å². The normalized spacial score (nSPS) is 31.1. The van der Waals surface area contributed by atoms with Gasteiger partial charge in [-0.05, 0) is 51.6 Å². The van der Waals surface area contributed by atoms with Crippen LogP contribution in [0.3, 0.4) is 0 Å². The molecule has 0 radical (unpaired) electrons. The van der Waals surface area contributed by atoms with Crippen molar-refractivity contribution >= 4 is 5.91 Å². The highest BCUT2D eigenvalue weighted by Crippen LogP contribution is 2.20. The molecule has 2 fully saturated rings. The van der Waals surface area contributed by atoms with Crippen LogP contribution in [0.4, 0.5) is 0 Å². The fourth-order valence-electron chi connectivity index (χ4n) is 2.74. The van der Waals surface area contributed by atoms with E-state index < -0.39 is 0 Å². The Balaban J connectivity index is 1.71. The molecule has 0 saturated carbocycles. The number of nitrogens with one attached hydrogen (secondary N) is 1. The monoisotopic (exact) mass is 210 g/mol. The van der Waals surface area contributed by atoms with Gasteiger partial charge >= 0.3 is 0 Å². The van der Waals surface area contributed by atoms with Crippen LogP contribution in [0.15, 0.2) is 0 Å². The number of amides is 1. The third kappa shape index (κ3) is 2.71. The second-order valence-corrected chi connectivity index (χ2v) is 4.98. The van der Waals surface area contributed by atoms with Gasteiger partial charge in [0.15, 0.2) is 0 Å². The average molecular weight is 210 g/mol. The maximum absolute atomic E-state index is 11.9. The molecule has 0 aromatic carbocycles. The molecule has 0 aliphatic carbocycles. The molecule has 3 heteroatoms. The fourth-order valence-corrected chi connectivity index (χ4v) is 2.74. The van der Waals surface area contributed by atoms with Crippen LogP contribution in [0, 0.1) is 5.92 Å². The van der Waals surface area contributed by atoms with E-state index in [-0.39, 0.29) is 0 Å². The van der Waals surface area contributed by atoms with Gasteiger partial charge in [-0.1, -0.05) is 0 Å². The average Bonchev–Trinajstić information content (AvgIpc) is 2.84. The molecule has 2 aliphatic heterocycles. The smallest absolute Gasteiger partial charge is 0.222 e.